The van der Waals surface area contributed by atoms with Crippen LogP contribution in [0.5, 0.6) is 0 Å². The Labute approximate surface area is 187 Å². The summed E-state index contributed by atoms with van der Waals surface area (Å²) in [5.41, 5.74) is -0.893. The van der Waals surface area contributed by atoms with Crippen molar-refractivity contribution in [1.82, 2.24) is 0 Å². The van der Waals surface area contributed by atoms with Gasteiger partial charge in [0, 0.05) is 29.6 Å². The number of carbonyl (C=O) groups is 2. The molecule has 9 atom stereocenters. The number of fused-ring (bicyclic) bond motifs is 2. The second kappa shape index (κ2) is 6.44. The third-order valence-corrected chi connectivity index (χ3v) is 12.0. The molecule has 0 radical (unpaired) electrons. The topological polar surface area (TPSA) is 63.6 Å². The summed E-state index contributed by atoms with van der Waals surface area (Å²) in [6.45, 7) is 13.7. The maximum absolute atomic E-state index is 14.1. The molecule has 0 aromatic heterocycles. The molecule has 0 aromatic rings. The Morgan fingerprint density at radius 2 is 1.81 bits per heavy atom. The number of Topliss-reactive ketones (excluding diaryl/α,β-unsaturated/α-hetero) is 2. The van der Waals surface area contributed by atoms with Gasteiger partial charge in [0.15, 0.2) is 0 Å². The van der Waals surface area contributed by atoms with Gasteiger partial charge in [0.05, 0.1) is 18.3 Å². The van der Waals surface area contributed by atoms with Crippen LogP contribution < -0.4 is 0 Å². The third-order valence-electron chi connectivity index (χ3n) is 12.0. The molecule has 4 nitrogen and oxygen atoms in total. The number of hydrogen-bond acceptors (Lipinski definition) is 4. The maximum Gasteiger partial charge on any atom is 0.140 e. The Balaban J connectivity index is 1.56. The van der Waals surface area contributed by atoms with Crippen LogP contribution in [0.25, 0.3) is 0 Å². The van der Waals surface area contributed by atoms with E-state index in [1.165, 1.54) is 0 Å². The lowest BCUT2D eigenvalue weighted by Gasteiger charge is -2.66. The summed E-state index contributed by atoms with van der Waals surface area (Å²) in [7, 11) is 0. The first-order chi connectivity index (χ1) is 14.4. The Hall–Kier alpha value is -0.740. The quantitative estimate of drug-likeness (QED) is 0.687. The van der Waals surface area contributed by atoms with E-state index in [0.29, 0.717) is 43.0 Å². The molecule has 4 heteroatoms. The number of aliphatic hydroxyl groups excluding tert-OH is 1. The highest BCUT2D eigenvalue weighted by atomic mass is 16.5. The predicted molar refractivity (Wildman–Crippen MR) is 119 cm³/mol. The van der Waals surface area contributed by atoms with Crippen molar-refractivity contribution in [2.24, 2.45) is 45.3 Å². The summed E-state index contributed by atoms with van der Waals surface area (Å²) in [6, 6.07) is 0. The van der Waals surface area contributed by atoms with Gasteiger partial charge < -0.3 is 14.6 Å². The molecule has 1 heterocycles. The van der Waals surface area contributed by atoms with E-state index in [0.717, 1.165) is 38.5 Å². The van der Waals surface area contributed by atoms with E-state index < -0.39 is 17.1 Å². The molecule has 31 heavy (non-hydrogen) atoms. The van der Waals surface area contributed by atoms with Crippen LogP contribution in [-0.2, 0) is 14.3 Å². The minimum atomic E-state index is -0.498. The molecule has 4 aliphatic carbocycles. The minimum Gasteiger partial charge on any atom is -0.392 e. The van der Waals surface area contributed by atoms with Crippen molar-refractivity contribution in [3.63, 3.8) is 0 Å². The highest BCUT2D eigenvalue weighted by molar-refractivity contribution is 5.86. The van der Waals surface area contributed by atoms with E-state index in [1.807, 2.05) is 0 Å². The van der Waals surface area contributed by atoms with E-state index in [1.54, 1.807) is 6.92 Å². The molecule has 5 aliphatic rings. The molecule has 4 saturated carbocycles. The summed E-state index contributed by atoms with van der Waals surface area (Å²) in [5, 5.41) is 10.9. The van der Waals surface area contributed by atoms with Crippen LogP contribution in [-0.4, -0.2) is 35.0 Å². The van der Waals surface area contributed by atoms with Crippen LogP contribution in [0.4, 0.5) is 0 Å². The van der Waals surface area contributed by atoms with Crippen LogP contribution in [0.3, 0.4) is 0 Å². The van der Waals surface area contributed by atoms with E-state index in [9.17, 15) is 14.7 Å². The van der Waals surface area contributed by atoms with E-state index in [4.69, 9.17) is 4.74 Å². The molecule has 5 rings (SSSR count). The molecule has 174 valence electrons. The zero-order chi connectivity index (χ0) is 22.6. The van der Waals surface area contributed by atoms with E-state index in [-0.39, 0.29) is 27.9 Å². The van der Waals surface area contributed by atoms with Crippen LogP contribution in [0.1, 0.15) is 92.9 Å². The molecule has 9 unspecified atom stereocenters. The average molecular weight is 431 g/mol. The summed E-state index contributed by atoms with van der Waals surface area (Å²) in [6.07, 6.45) is 6.90. The fourth-order valence-electron chi connectivity index (χ4n) is 10.2. The smallest absolute Gasteiger partial charge is 0.140 e. The van der Waals surface area contributed by atoms with Crippen LogP contribution >= 0.6 is 0 Å². The van der Waals surface area contributed by atoms with Gasteiger partial charge in [-0.25, -0.2) is 0 Å². The van der Waals surface area contributed by atoms with Gasteiger partial charge in [0.2, 0.25) is 0 Å². The zero-order valence-electron chi connectivity index (χ0n) is 20.4. The largest absolute Gasteiger partial charge is 0.392 e. The van der Waals surface area contributed by atoms with Crippen LogP contribution in [0, 0.1) is 45.3 Å². The summed E-state index contributed by atoms with van der Waals surface area (Å²) >= 11 is 0. The molecule has 1 saturated heterocycles. The highest BCUT2D eigenvalue weighted by Gasteiger charge is 2.78. The van der Waals surface area contributed by atoms with Gasteiger partial charge in [-0.3, -0.25) is 4.79 Å². The van der Waals surface area contributed by atoms with Crippen molar-refractivity contribution in [3.05, 3.63) is 0 Å². The first-order valence-electron chi connectivity index (χ1n) is 12.7. The molecule has 1 aliphatic heterocycles. The lowest BCUT2D eigenvalue weighted by Crippen LogP contribution is -2.69. The maximum atomic E-state index is 14.1. The SMILES string of the molecule is CC(=O)CC(C)C1CCC2(C)C3C(=O)CC45OCC3(CCC12C)C4CCC(O)C5(C)C. The van der Waals surface area contributed by atoms with Crippen molar-refractivity contribution in [1.29, 1.82) is 0 Å². The number of ketones is 2. The summed E-state index contributed by atoms with van der Waals surface area (Å²) < 4.78 is 6.71. The standard InChI is InChI=1S/C27H42O4/c1-16(13-17(2)28)18-9-10-25(6)22-19(29)14-27-20(7-8-21(30)23(27,3)4)26(22,15-31-27)12-11-24(18,25)5/h16,18,20-22,30H,7-15H2,1-6H3. The van der Waals surface area contributed by atoms with Crippen molar-refractivity contribution in [2.45, 2.75) is 105 Å². The van der Waals surface area contributed by atoms with Crippen LogP contribution in [0.15, 0.2) is 0 Å². The van der Waals surface area contributed by atoms with Gasteiger partial charge >= 0.3 is 0 Å². The summed E-state index contributed by atoms with van der Waals surface area (Å²) in [4.78, 5) is 25.9. The molecule has 0 aromatic carbocycles. The second-order valence-electron chi connectivity index (χ2n) is 13.2. The van der Waals surface area contributed by atoms with Gasteiger partial charge in [0.1, 0.15) is 11.6 Å². The monoisotopic (exact) mass is 430 g/mol. The van der Waals surface area contributed by atoms with E-state index in [2.05, 4.69) is 34.6 Å². The summed E-state index contributed by atoms with van der Waals surface area (Å²) in [5.74, 6) is 1.98. The van der Waals surface area contributed by atoms with Gasteiger partial charge in [-0.05, 0) is 74.0 Å². The van der Waals surface area contributed by atoms with Crippen molar-refractivity contribution >= 4 is 11.6 Å². The first-order valence-corrected chi connectivity index (χ1v) is 12.7. The molecule has 1 N–H and O–H groups in total. The average Bonchev–Trinajstić information content (AvgIpc) is 3.07. The third kappa shape index (κ3) is 2.40. The number of carbonyl (C=O) groups excluding carboxylic acids is 2. The predicted octanol–water partition coefficient (Wildman–Crippen LogP) is 4.96. The van der Waals surface area contributed by atoms with Crippen molar-refractivity contribution in [3.8, 4) is 0 Å². The second-order valence-corrected chi connectivity index (χ2v) is 13.2. The number of hydrogen-bond donors (Lipinski definition) is 1. The Morgan fingerprint density at radius 1 is 1.10 bits per heavy atom. The molecule has 5 fully saturated rings. The van der Waals surface area contributed by atoms with Crippen molar-refractivity contribution in [2.75, 3.05) is 6.61 Å². The molecule has 0 amide bonds. The Bertz CT molecular complexity index is 818. The highest BCUT2D eigenvalue weighted by Crippen LogP contribution is 2.78. The first kappa shape index (κ1) is 22.1. The number of aliphatic hydroxyl groups is 1. The lowest BCUT2D eigenvalue weighted by atomic mass is 9.36. The minimum absolute atomic E-state index is 0.0296. The number of ether oxygens (including phenoxy) is 1. The lowest BCUT2D eigenvalue weighted by molar-refractivity contribution is -0.213. The van der Waals surface area contributed by atoms with Crippen LogP contribution in [0.2, 0.25) is 0 Å². The van der Waals surface area contributed by atoms with Gasteiger partial charge in [0.25, 0.3) is 0 Å². The van der Waals surface area contributed by atoms with Gasteiger partial charge in [-0.2, -0.15) is 0 Å². The van der Waals surface area contributed by atoms with E-state index >= 15 is 0 Å². The Kier molecular flexibility index (Phi) is 4.58. The fraction of sp³-hybridized carbons (Fsp3) is 0.926. The van der Waals surface area contributed by atoms with Gasteiger partial charge in [-0.1, -0.05) is 34.6 Å². The Morgan fingerprint density at radius 3 is 2.48 bits per heavy atom. The fourth-order valence-corrected chi connectivity index (χ4v) is 10.2. The molecular weight excluding hydrogens is 388 g/mol. The number of rotatable bonds is 3. The molecule has 1 spiro atoms. The van der Waals surface area contributed by atoms with Crippen molar-refractivity contribution < 1.29 is 19.4 Å². The van der Waals surface area contributed by atoms with Gasteiger partial charge in [-0.15, -0.1) is 0 Å². The molecular formula is C27H42O4. The zero-order valence-corrected chi connectivity index (χ0v) is 20.4. The molecule has 2 bridgehead atoms. The normalized spacial score (nSPS) is 53.5.